The van der Waals surface area contributed by atoms with E-state index in [1.165, 1.54) is 23.5 Å². The summed E-state index contributed by atoms with van der Waals surface area (Å²) in [5.74, 6) is 1.46. The number of non-ortho nitro benzene ring substituents is 1. The minimum atomic E-state index is -0.436. The van der Waals surface area contributed by atoms with Crippen molar-refractivity contribution < 1.29 is 14.4 Å². The molecule has 1 aliphatic rings. The van der Waals surface area contributed by atoms with E-state index in [9.17, 15) is 10.1 Å². The molecule has 4 rings (SSSR count). The van der Waals surface area contributed by atoms with Crippen molar-refractivity contribution in [1.29, 1.82) is 0 Å². The second kappa shape index (κ2) is 8.81. The van der Waals surface area contributed by atoms with E-state index in [0.29, 0.717) is 18.3 Å². The first-order valence-corrected chi connectivity index (χ1v) is 8.96. The van der Waals surface area contributed by atoms with Crippen LogP contribution in [0.2, 0.25) is 0 Å². The summed E-state index contributed by atoms with van der Waals surface area (Å²) in [6.07, 6.45) is 1.58. The van der Waals surface area contributed by atoms with Gasteiger partial charge in [-0.25, -0.2) is 4.98 Å². The second-order valence-corrected chi connectivity index (χ2v) is 6.47. The molecule has 0 amide bonds. The first-order valence-electron chi connectivity index (χ1n) is 8.08. The standard InChI is InChI=1S/C18H14N4O4S.BrH/c23-22(24)14-4-1-12(2-5-14)10-19-21-18-20-15(11-27-18)13-3-6-16-17(9-13)26-8-7-25-16;/h1-6,9-11H,7-8H2,(H,20,21);1H. The van der Waals surface area contributed by atoms with Crippen molar-refractivity contribution in [2.24, 2.45) is 5.10 Å². The van der Waals surface area contributed by atoms with Crippen molar-refractivity contribution in [3.63, 3.8) is 0 Å². The molecular weight excluding hydrogens is 448 g/mol. The van der Waals surface area contributed by atoms with Gasteiger partial charge in [0, 0.05) is 23.1 Å². The number of nitrogens with zero attached hydrogens (tertiary/aromatic N) is 3. The number of rotatable bonds is 5. The van der Waals surface area contributed by atoms with Crippen LogP contribution in [0.15, 0.2) is 52.9 Å². The average Bonchev–Trinajstić information content (AvgIpc) is 3.17. The van der Waals surface area contributed by atoms with Gasteiger partial charge in [-0.2, -0.15) is 5.10 Å². The molecule has 1 aliphatic heterocycles. The topological polar surface area (TPSA) is 98.9 Å². The van der Waals surface area contributed by atoms with Crippen molar-refractivity contribution in [3.8, 4) is 22.8 Å². The molecule has 3 aromatic rings. The molecule has 2 aromatic carbocycles. The molecule has 0 saturated carbocycles. The van der Waals surface area contributed by atoms with Gasteiger partial charge in [0.1, 0.15) is 13.2 Å². The molecule has 2 heterocycles. The highest BCUT2D eigenvalue weighted by molar-refractivity contribution is 8.93. The summed E-state index contributed by atoms with van der Waals surface area (Å²) in [6, 6.07) is 11.9. The highest BCUT2D eigenvalue weighted by Gasteiger charge is 2.13. The third-order valence-electron chi connectivity index (χ3n) is 3.82. The summed E-state index contributed by atoms with van der Waals surface area (Å²) in [5.41, 5.74) is 5.41. The number of hydrazone groups is 1. The van der Waals surface area contributed by atoms with E-state index < -0.39 is 4.92 Å². The summed E-state index contributed by atoms with van der Waals surface area (Å²) in [6.45, 7) is 1.10. The zero-order chi connectivity index (χ0) is 18.6. The fraction of sp³-hybridized carbons (Fsp3) is 0.111. The normalized spacial score (nSPS) is 12.4. The number of aromatic nitrogens is 1. The van der Waals surface area contributed by atoms with E-state index >= 15 is 0 Å². The van der Waals surface area contributed by atoms with E-state index in [1.54, 1.807) is 18.3 Å². The van der Waals surface area contributed by atoms with Crippen molar-refractivity contribution in [2.45, 2.75) is 0 Å². The lowest BCUT2D eigenvalue weighted by Gasteiger charge is -2.18. The lowest BCUT2D eigenvalue weighted by molar-refractivity contribution is -0.384. The maximum atomic E-state index is 10.6. The highest BCUT2D eigenvalue weighted by Crippen LogP contribution is 2.35. The molecule has 1 N–H and O–H groups in total. The van der Waals surface area contributed by atoms with Crippen LogP contribution < -0.4 is 14.9 Å². The second-order valence-electron chi connectivity index (χ2n) is 5.61. The Hall–Kier alpha value is -2.98. The van der Waals surface area contributed by atoms with Gasteiger partial charge in [0.25, 0.3) is 5.69 Å². The van der Waals surface area contributed by atoms with Gasteiger partial charge in [0.15, 0.2) is 11.5 Å². The van der Waals surface area contributed by atoms with Gasteiger partial charge >= 0.3 is 0 Å². The number of halogens is 1. The third-order valence-corrected chi connectivity index (χ3v) is 4.57. The fourth-order valence-electron chi connectivity index (χ4n) is 2.50. The van der Waals surface area contributed by atoms with Crippen molar-refractivity contribution in [1.82, 2.24) is 4.98 Å². The van der Waals surface area contributed by atoms with Crippen molar-refractivity contribution in [2.75, 3.05) is 18.6 Å². The van der Waals surface area contributed by atoms with Crippen LogP contribution in [-0.4, -0.2) is 29.3 Å². The van der Waals surface area contributed by atoms with E-state index in [0.717, 1.165) is 28.3 Å². The van der Waals surface area contributed by atoms with Crippen LogP contribution in [0.25, 0.3) is 11.3 Å². The van der Waals surface area contributed by atoms with Gasteiger partial charge in [0.05, 0.1) is 16.8 Å². The van der Waals surface area contributed by atoms with Crippen LogP contribution >= 0.6 is 28.3 Å². The summed E-state index contributed by atoms with van der Waals surface area (Å²) >= 11 is 1.43. The number of fused-ring (bicyclic) bond motifs is 1. The van der Waals surface area contributed by atoms with Crippen molar-refractivity contribution in [3.05, 3.63) is 63.5 Å². The maximum Gasteiger partial charge on any atom is 0.269 e. The number of thiazole rings is 1. The fourth-order valence-corrected chi connectivity index (χ4v) is 3.17. The molecule has 8 nitrogen and oxygen atoms in total. The third kappa shape index (κ3) is 4.46. The smallest absolute Gasteiger partial charge is 0.269 e. The lowest BCUT2D eigenvalue weighted by atomic mass is 10.1. The van der Waals surface area contributed by atoms with E-state index in [-0.39, 0.29) is 22.7 Å². The number of nitro groups is 1. The summed E-state index contributed by atoms with van der Waals surface area (Å²) in [5, 5.41) is 17.3. The van der Waals surface area contributed by atoms with Gasteiger partial charge in [-0.05, 0) is 35.9 Å². The molecule has 144 valence electrons. The van der Waals surface area contributed by atoms with Crippen LogP contribution in [0, 0.1) is 10.1 Å². The van der Waals surface area contributed by atoms with Crippen LogP contribution in [-0.2, 0) is 0 Å². The SMILES string of the molecule is Br.O=[N+]([O-])c1ccc(C=NNc2nc(-c3ccc4c(c3)OCCO4)cs2)cc1. The summed E-state index contributed by atoms with van der Waals surface area (Å²) < 4.78 is 11.1. The minimum Gasteiger partial charge on any atom is -0.486 e. The number of benzene rings is 2. The Bertz CT molecular complexity index is 1010. The van der Waals surface area contributed by atoms with Gasteiger partial charge in [-0.1, -0.05) is 0 Å². The molecule has 0 atom stereocenters. The van der Waals surface area contributed by atoms with Crippen LogP contribution in [0.3, 0.4) is 0 Å². The largest absolute Gasteiger partial charge is 0.486 e. The van der Waals surface area contributed by atoms with E-state index in [2.05, 4.69) is 15.5 Å². The van der Waals surface area contributed by atoms with E-state index in [1.807, 2.05) is 23.6 Å². The number of hydrogen-bond acceptors (Lipinski definition) is 8. The quantitative estimate of drug-likeness (QED) is 0.340. The van der Waals surface area contributed by atoms with Gasteiger partial charge in [-0.3, -0.25) is 15.5 Å². The Morgan fingerprint density at radius 1 is 1.14 bits per heavy atom. The molecule has 10 heteroatoms. The minimum absolute atomic E-state index is 0. The molecule has 28 heavy (non-hydrogen) atoms. The van der Waals surface area contributed by atoms with E-state index in [4.69, 9.17) is 9.47 Å². The van der Waals surface area contributed by atoms with Gasteiger partial charge < -0.3 is 9.47 Å². The predicted molar refractivity (Wildman–Crippen MR) is 113 cm³/mol. The Morgan fingerprint density at radius 2 is 1.89 bits per heavy atom. The molecule has 1 aromatic heterocycles. The Labute approximate surface area is 174 Å². The van der Waals surface area contributed by atoms with Crippen LogP contribution in [0.5, 0.6) is 11.5 Å². The van der Waals surface area contributed by atoms with Crippen LogP contribution in [0.4, 0.5) is 10.8 Å². The predicted octanol–water partition coefficient (Wildman–Crippen LogP) is 4.51. The molecule has 0 fully saturated rings. The molecular formula is C18H15BrN4O4S. The van der Waals surface area contributed by atoms with Gasteiger partial charge in [-0.15, -0.1) is 28.3 Å². The monoisotopic (exact) mass is 462 g/mol. The number of nitrogens with one attached hydrogen (secondary N) is 1. The molecule has 0 aliphatic carbocycles. The van der Waals surface area contributed by atoms with Crippen molar-refractivity contribution >= 4 is 45.4 Å². The molecule has 0 unspecified atom stereocenters. The maximum absolute atomic E-state index is 10.6. The number of hydrogen-bond donors (Lipinski definition) is 1. The zero-order valence-corrected chi connectivity index (χ0v) is 16.9. The Kier molecular flexibility index (Phi) is 6.22. The first-order chi connectivity index (χ1) is 13.2. The number of anilines is 1. The first kappa shape index (κ1) is 19.8. The highest BCUT2D eigenvalue weighted by atomic mass is 79.9. The number of ether oxygens (including phenoxy) is 2. The Balaban J connectivity index is 0.00000225. The Morgan fingerprint density at radius 3 is 2.64 bits per heavy atom. The molecule has 0 saturated heterocycles. The zero-order valence-electron chi connectivity index (χ0n) is 14.4. The molecule has 0 bridgehead atoms. The number of nitro benzene ring substituents is 1. The summed E-state index contributed by atoms with van der Waals surface area (Å²) in [4.78, 5) is 14.7. The lowest BCUT2D eigenvalue weighted by Crippen LogP contribution is -2.15. The van der Waals surface area contributed by atoms with Gasteiger partial charge in [0.2, 0.25) is 5.13 Å². The molecule has 0 spiro atoms. The van der Waals surface area contributed by atoms with Crippen LogP contribution in [0.1, 0.15) is 5.56 Å². The molecule has 0 radical (unpaired) electrons. The average molecular weight is 463 g/mol. The summed E-state index contributed by atoms with van der Waals surface area (Å²) in [7, 11) is 0.